The van der Waals surface area contributed by atoms with E-state index < -0.39 is 0 Å². The summed E-state index contributed by atoms with van der Waals surface area (Å²) >= 11 is 1.54. The maximum Gasteiger partial charge on any atom is 0.298 e. The zero-order valence-corrected chi connectivity index (χ0v) is 13.0. The van der Waals surface area contributed by atoms with Crippen molar-refractivity contribution in [2.24, 2.45) is 0 Å². The second kappa shape index (κ2) is 5.29. The van der Waals surface area contributed by atoms with Crippen molar-refractivity contribution in [3.63, 3.8) is 0 Å². The van der Waals surface area contributed by atoms with Crippen LogP contribution in [-0.2, 0) is 6.42 Å². The molecule has 0 aliphatic rings. The highest BCUT2D eigenvalue weighted by Crippen LogP contribution is 2.24. The molecular weight excluding hydrogens is 284 g/mol. The summed E-state index contributed by atoms with van der Waals surface area (Å²) in [5.41, 5.74) is 2.16. The van der Waals surface area contributed by atoms with Crippen molar-refractivity contribution in [2.45, 2.75) is 27.2 Å². The maximum atomic E-state index is 12.7. The molecule has 0 aliphatic carbocycles. The predicted molar refractivity (Wildman–Crippen MR) is 82.2 cm³/mol. The lowest BCUT2D eigenvalue weighted by atomic mass is 10.3. The van der Waals surface area contributed by atoms with Gasteiger partial charge in [-0.15, -0.1) is 11.3 Å². The number of thiazole rings is 1. The van der Waals surface area contributed by atoms with Gasteiger partial charge in [0.1, 0.15) is 5.69 Å². The summed E-state index contributed by atoms with van der Waals surface area (Å²) in [6.45, 7) is 5.79. The molecule has 5 nitrogen and oxygen atoms in total. The summed E-state index contributed by atoms with van der Waals surface area (Å²) in [5.74, 6) is -0.160. The summed E-state index contributed by atoms with van der Waals surface area (Å²) in [6.07, 6.45) is 4.63. The Morgan fingerprint density at radius 1 is 1.29 bits per heavy atom. The Morgan fingerprint density at radius 2 is 2.00 bits per heavy atom. The van der Waals surface area contributed by atoms with E-state index in [2.05, 4.69) is 10.1 Å². The number of rotatable bonds is 3. The Hall–Kier alpha value is -2.21. The molecule has 3 heterocycles. The van der Waals surface area contributed by atoms with Gasteiger partial charge in [-0.1, -0.05) is 6.92 Å². The quantitative estimate of drug-likeness (QED) is 0.747. The third-order valence-electron chi connectivity index (χ3n) is 3.24. The topological polar surface area (TPSA) is 52.7 Å². The number of aromatic nitrogens is 4. The maximum absolute atomic E-state index is 12.7. The highest BCUT2D eigenvalue weighted by molar-refractivity contribution is 7.14. The van der Waals surface area contributed by atoms with Crippen LogP contribution in [0, 0.1) is 13.8 Å². The first kappa shape index (κ1) is 13.8. The van der Waals surface area contributed by atoms with Crippen molar-refractivity contribution in [1.82, 2.24) is 19.3 Å². The van der Waals surface area contributed by atoms with Gasteiger partial charge in [-0.3, -0.25) is 4.79 Å². The van der Waals surface area contributed by atoms with E-state index in [1.807, 2.05) is 55.9 Å². The first-order valence-electron chi connectivity index (χ1n) is 6.81. The van der Waals surface area contributed by atoms with Gasteiger partial charge in [-0.2, -0.15) is 9.78 Å². The molecule has 0 aromatic carbocycles. The molecule has 0 aliphatic heterocycles. The van der Waals surface area contributed by atoms with E-state index in [4.69, 9.17) is 0 Å². The molecule has 0 atom stereocenters. The Bertz CT molecular complexity index is 783. The number of carbonyl (C=O) groups excluding carboxylic acids is 1. The van der Waals surface area contributed by atoms with E-state index >= 15 is 0 Å². The fourth-order valence-corrected chi connectivity index (χ4v) is 3.21. The normalized spacial score (nSPS) is 11.0. The first-order chi connectivity index (χ1) is 10.1. The number of hydrogen-bond acceptors (Lipinski definition) is 4. The zero-order valence-electron chi connectivity index (χ0n) is 12.2. The van der Waals surface area contributed by atoms with Gasteiger partial charge in [0.15, 0.2) is 5.13 Å². The van der Waals surface area contributed by atoms with Crippen molar-refractivity contribution in [3.05, 3.63) is 52.6 Å². The molecule has 0 N–H and O–H groups in total. The average molecular weight is 300 g/mol. The molecule has 0 fully saturated rings. The van der Waals surface area contributed by atoms with Crippen LogP contribution in [0.1, 0.15) is 33.7 Å². The molecule has 0 saturated heterocycles. The summed E-state index contributed by atoms with van der Waals surface area (Å²) in [7, 11) is 0. The van der Waals surface area contributed by atoms with Crippen LogP contribution in [0.25, 0.3) is 5.13 Å². The molecular formula is C15H16N4OS. The molecule has 6 heteroatoms. The molecule has 3 aromatic heterocycles. The monoisotopic (exact) mass is 300 g/mol. The minimum absolute atomic E-state index is 0.160. The van der Waals surface area contributed by atoms with Crippen LogP contribution in [-0.4, -0.2) is 25.2 Å². The van der Waals surface area contributed by atoms with Gasteiger partial charge >= 0.3 is 0 Å². The van der Waals surface area contributed by atoms with Crippen molar-refractivity contribution < 1.29 is 4.79 Å². The summed E-state index contributed by atoms with van der Waals surface area (Å²) < 4.78 is 3.35. The van der Waals surface area contributed by atoms with E-state index in [-0.39, 0.29) is 5.91 Å². The van der Waals surface area contributed by atoms with Crippen LogP contribution < -0.4 is 0 Å². The number of nitrogens with zero attached hydrogens (tertiary/aromatic N) is 4. The second-order valence-corrected chi connectivity index (χ2v) is 5.92. The van der Waals surface area contributed by atoms with E-state index in [9.17, 15) is 4.79 Å². The Balaban J connectivity index is 2.05. The smallest absolute Gasteiger partial charge is 0.298 e. The van der Waals surface area contributed by atoms with Crippen molar-refractivity contribution in [1.29, 1.82) is 0 Å². The van der Waals surface area contributed by atoms with Gasteiger partial charge in [0.05, 0.1) is 5.69 Å². The second-order valence-electron chi connectivity index (χ2n) is 4.86. The van der Waals surface area contributed by atoms with Crippen LogP contribution in [0.15, 0.2) is 30.6 Å². The van der Waals surface area contributed by atoms with Crippen LogP contribution in [0.5, 0.6) is 0 Å². The lowest BCUT2D eigenvalue weighted by molar-refractivity contribution is 0.0937. The van der Waals surface area contributed by atoms with Crippen LogP contribution in [0.3, 0.4) is 0 Å². The van der Waals surface area contributed by atoms with E-state index in [1.165, 1.54) is 4.68 Å². The van der Waals surface area contributed by atoms with Gasteiger partial charge in [0.2, 0.25) is 0 Å². The van der Waals surface area contributed by atoms with Crippen LogP contribution in [0.2, 0.25) is 0 Å². The summed E-state index contributed by atoms with van der Waals surface area (Å²) in [5, 5.41) is 5.07. The van der Waals surface area contributed by atoms with Crippen molar-refractivity contribution in [2.75, 3.05) is 0 Å². The van der Waals surface area contributed by atoms with Gasteiger partial charge in [0, 0.05) is 23.0 Å². The molecule has 0 saturated carbocycles. The van der Waals surface area contributed by atoms with Gasteiger partial charge in [0.25, 0.3) is 5.91 Å². The SMILES string of the molecule is CCc1sc(-n2cccc2)nc1C(=O)n1nc(C)cc1C. The summed E-state index contributed by atoms with van der Waals surface area (Å²) in [4.78, 5) is 18.2. The number of carbonyl (C=O) groups is 1. The third kappa shape index (κ3) is 2.42. The van der Waals surface area contributed by atoms with Crippen molar-refractivity contribution >= 4 is 17.2 Å². The van der Waals surface area contributed by atoms with E-state index in [0.717, 1.165) is 27.8 Å². The molecule has 0 unspecified atom stereocenters. The van der Waals surface area contributed by atoms with Gasteiger partial charge < -0.3 is 4.57 Å². The number of aryl methyl sites for hydroxylation is 3. The fourth-order valence-electron chi connectivity index (χ4n) is 2.25. The first-order valence-corrected chi connectivity index (χ1v) is 7.62. The average Bonchev–Trinajstić information content (AvgIpc) is 3.16. The van der Waals surface area contributed by atoms with E-state index in [0.29, 0.717) is 5.69 Å². The molecule has 3 aromatic rings. The lowest BCUT2D eigenvalue weighted by Crippen LogP contribution is -2.17. The Kier molecular flexibility index (Phi) is 3.47. The highest BCUT2D eigenvalue weighted by atomic mass is 32.1. The number of hydrogen-bond donors (Lipinski definition) is 0. The molecule has 0 amide bonds. The van der Waals surface area contributed by atoms with Crippen LogP contribution in [0.4, 0.5) is 0 Å². The van der Waals surface area contributed by atoms with E-state index in [1.54, 1.807) is 11.3 Å². The minimum atomic E-state index is -0.160. The standard InChI is InChI=1S/C15H16N4OS/c1-4-12-13(14(20)19-11(3)9-10(2)17-19)16-15(21-12)18-7-5-6-8-18/h5-9H,4H2,1-3H3. The van der Waals surface area contributed by atoms with Gasteiger partial charge in [-0.05, 0) is 38.5 Å². The van der Waals surface area contributed by atoms with Crippen molar-refractivity contribution in [3.8, 4) is 5.13 Å². The molecule has 0 radical (unpaired) electrons. The summed E-state index contributed by atoms with van der Waals surface area (Å²) in [6, 6.07) is 5.77. The highest BCUT2D eigenvalue weighted by Gasteiger charge is 2.21. The van der Waals surface area contributed by atoms with Crippen LogP contribution >= 0.6 is 11.3 Å². The molecule has 21 heavy (non-hydrogen) atoms. The molecule has 0 bridgehead atoms. The largest absolute Gasteiger partial charge is 0.300 e. The Labute approximate surface area is 126 Å². The molecule has 0 spiro atoms. The molecule has 3 rings (SSSR count). The van der Waals surface area contributed by atoms with Gasteiger partial charge in [-0.25, -0.2) is 4.98 Å². The molecule has 108 valence electrons. The predicted octanol–water partition coefficient (Wildman–Crippen LogP) is 3.00. The lowest BCUT2D eigenvalue weighted by Gasteiger charge is -2.01. The minimum Gasteiger partial charge on any atom is -0.300 e. The fraction of sp³-hybridized carbons (Fsp3) is 0.267. The zero-order chi connectivity index (χ0) is 15.0. The Morgan fingerprint density at radius 3 is 2.57 bits per heavy atom. The third-order valence-corrected chi connectivity index (χ3v) is 4.45.